The molecule has 7 heteroatoms. The van der Waals surface area contributed by atoms with Gasteiger partial charge >= 0.3 is 0 Å². The molecule has 2 aliphatic heterocycles. The topological polar surface area (TPSA) is 52.6 Å². The first-order chi connectivity index (χ1) is 17.7. The molecule has 5 rings (SSSR count). The van der Waals surface area contributed by atoms with Crippen LogP contribution in [0.15, 0.2) is 72.8 Å². The Hall–Kier alpha value is -3.58. The van der Waals surface area contributed by atoms with Gasteiger partial charge < -0.3 is 9.80 Å². The molecule has 0 radical (unpaired) electrons. The predicted octanol–water partition coefficient (Wildman–Crippen LogP) is 4.36. The van der Waals surface area contributed by atoms with E-state index in [1.165, 1.54) is 17.7 Å². The second kappa shape index (κ2) is 11.4. The van der Waals surface area contributed by atoms with Crippen molar-refractivity contribution in [3.8, 4) is 11.3 Å². The molecule has 186 valence electrons. The van der Waals surface area contributed by atoms with Gasteiger partial charge in [0.1, 0.15) is 5.82 Å². The Morgan fingerprint density at radius 3 is 2.25 bits per heavy atom. The van der Waals surface area contributed by atoms with E-state index in [2.05, 4.69) is 49.2 Å². The lowest BCUT2D eigenvalue weighted by Gasteiger charge is -2.38. The molecular weight excluding hydrogens is 453 g/mol. The number of amides is 1. The van der Waals surface area contributed by atoms with Gasteiger partial charge in [-0.05, 0) is 54.8 Å². The average Bonchev–Trinajstić information content (AvgIpc) is 2.94. The second-order valence-corrected chi connectivity index (χ2v) is 9.48. The number of piperidine rings is 1. The molecule has 2 aliphatic rings. The standard InChI is InChI=1S/C29H32FN5O/c30-26-10-8-24(9-11-26)27-12-13-28(32-31-27)34-17-14-25(15-18-34)29(36)35-21-19-33(20-22-35)16-4-7-23-5-2-1-3-6-23/h1-13,25H,14-22H2/b7-4+. The van der Waals surface area contributed by atoms with E-state index in [4.69, 9.17) is 0 Å². The van der Waals surface area contributed by atoms with Crippen molar-refractivity contribution >= 4 is 17.8 Å². The number of piperazine rings is 1. The van der Waals surface area contributed by atoms with Gasteiger partial charge in [0.2, 0.25) is 5.91 Å². The summed E-state index contributed by atoms with van der Waals surface area (Å²) < 4.78 is 13.2. The molecular formula is C29H32FN5O. The quantitative estimate of drug-likeness (QED) is 0.520. The van der Waals surface area contributed by atoms with Crippen molar-refractivity contribution < 1.29 is 9.18 Å². The molecule has 6 nitrogen and oxygen atoms in total. The summed E-state index contributed by atoms with van der Waals surface area (Å²) in [7, 11) is 0. The maximum atomic E-state index is 13.2. The normalized spacial score (nSPS) is 17.6. The third-order valence-corrected chi connectivity index (χ3v) is 7.12. The Kier molecular flexibility index (Phi) is 7.67. The van der Waals surface area contributed by atoms with Gasteiger partial charge in [-0.15, -0.1) is 10.2 Å². The highest BCUT2D eigenvalue weighted by Gasteiger charge is 2.30. The lowest BCUT2D eigenvalue weighted by atomic mass is 9.95. The summed E-state index contributed by atoms with van der Waals surface area (Å²) in [5.74, 6) is 0.937. The van der Waals surface area contributed by atoms with Crippen LogP contribution >= 0.6 is 0 Å². The summed E-state index contributed by atoms with van der Waals surface area (Å²) in [6.45, 7) is 5.94. The van der Waals surface area contributed by atoms with Crippen molar-refractivity contribution in [1.29, 1.82) is 0 Å². The Balaban J connectivity index is 1.06. The molecule has 0 unspecified atom stereocenters. The fourth-order valence-electron chi connectivity index (χ4n) is 4.94. The van der Waals surface area contributed by atoms with Crippen LogP contribution in [0, 0.1) is 11.7 Å². The van der Waals surface area contributed by atoms with Gasteiger partial charge in [-0.3, -0.25) is 9.69 Å². The first-order valence-corrected chi connectivity index (χ1v) is 12.7. The van der Waals surface area contributed by atoms with Crippen LogP contribution in [0.5, 0.6) is 0 Å². The van der Waals surface area contributed by atoms with Crippen LogP contribution in [0.4, 0.5) is 10.2 Å². The first kappa shape index (κ1) is 24.1. The lowest BCUT2D eigenvalue weighted by Crippen LogP contribution is -2.51. The smallest absolute Gasteiger partial charge is 0.225 e. The second-order valence-electron chi connectivity index (χ2n) is 9.48. The molecule has 3 aromatic rings. The van der Waals surface area contributed by atoms with E-state index >= 15 is 0 Å². The molecule has 1 aromatic heterocycles. The molecule has 0 spiro atoms. The summed E-state index contributed by atoms with van der Waals surface area (Å²) >= 11 is 0. The van der Waals surface area contributed by atoms with E-state index in [9.17, 15) is 9.18 Å². The van der Waals surface area contributed by atoms with Crippen molar-refractivity contribution in [3.63, 3.8) is 0 Å². The lowest BCUT2D eigenvalue weighted by molar-refractivity contribution is -0.137. The Morgan fingerprint density at radius 1 is 0.861 bits per heavy atom. The fourth-order valence-corrected chi connectivity index (χ4v) is 4.94. The SMILES string of the molecule is O=C(C1CCN(c2ccc(-c3ccc(F)cc3)nn2)CC1)N1CCN(C/C=C/c2ccccc2)CC1. The van der Waals surface area contributed by atoms with Crippen LogP contribution in [-0.2, 0) is 4.79 Å². The van der Waals surface area contributed by atoms with Crippen LogP contribution < -0.4 is 4.90 Å². The van der Waals surface area contributed by atoms with Crippen LogP contribution in [0.25, 0.3) is 17.3 Å². The van der Waals surface area contributed by atoms with Crippen molar-refractivity contribution in [2.24, 2.45) is 5.92 Å². The molecule has 0 saturated carbocycles. The van der Waals surface area contributed by atoms with Gasteiger partial charge in [-0.2, -0.15) is 0 Å². The highest BCUT2D eigenvalue weighted by atomic mass is 19.1. The van der Waals surface area contributed by atoms with E-state index in [0.717, 1.165) is 75.7 Å². The summed E-state index contributed by atoms with van der Waals surface area (Å²) in [6, 6.07) is 20.5. The maximum Gasteiger partial charge on any atom is 0.225 e. The molecule has 0 bridgehead atoms. The number of halogens is 1. The largest absolute Gasteiger partial charge is 0.355 e. The number of anilines is 1. The molecule has 2 aromatic carbocycles. The molecule has 0 aliphatic carbocycles. The number of aromatic nitrogens is 2. The summed E-state index contributed by atoms with van der Waals surface area (Å²) in [5.41, 5.74) is 2.78. The van der Waals surface area contributed by atoms with Crippen molar-refractivity contribution in [2.75, 3.05) is 50.7 Å². The Morgan fingerprint density at radius 2 is 1.58 bits per heavy atom. The Labute approximate surface area is 212 Å². The minimum atomic E-state index is -0.265. The van der Waals surface area contributed by atoms with Gasteiger partial charge in [-0.1, -0.05) is 42.5 Å². The minimum absolute atomic E-state index is 0.0808. The summed E-state index contributed by atoms with van der Waals surface area (Å²) in [4.78, 5) is 19.8. The van der Waals surface area contributed by atoms with Crippen molar-refractivity contribution in [1.82, 2.24) is 20.0 Å². The van der Waals surface area contributed by atoms with E-state index < -0.39 is 0 Å². The predicted molar refractivity (Wildman–Crippen MR) is 141 cm³/mol. The average molecular weight is 486 g/mol. The van der Waals surface area contributed by atoms with Crippen LogP contribution in [0.1, 0.15) is 18.4 Å². The number of hydrogen-bond donors (Lipinski definition) is 0. The zero-order chi connectivity index (χ0) is 24.7. The van der Waals surface area contributed by atoms with Gasteiger partial charge in [0.15, 0.2) is 5.82 Å². The highest BCUT2D eigenvalue weighted by molar-refractivity contribution is 5.79. The third kappa shape index (κ3) is 5.97. The molecule has 2 saturated heterocycles. The van der Waals surface area contributed by atoms with Gasteiger partial charge in [0, 0.05) is 57.3 Å². The van der Waals surface area contributed by atoms with Crippen LogP contribution in [0.3, 0.4) is 0 Å². The van der Waals surface area contributed by atoms with Crippen molar-refractivity contribution in [3.05, 3.63) is 84.2 Å². The highest BCUT2D eigenvalue weighted by Crippen LogP contribution is 2.25. The summed E-state index contributed by atoms with van der Waals surface area (Å²) in [6.07, 6.45) is 6.03. The first-order valence-electron chi connectivity index (χ1n) is 12.7. The monoisotopic (exact) mass is 485 g/mol. The third-order valence-electron chi connectivity index (χ3n) is 7.12. The number of nitrogens with zero attached hydrogens (tertiary/aromatic N) is 5. The molecule has 0 N–H and O–H groups in total. The Bertz CT molecular complexity index is 1150. The van der Waals surface area contributed by atoms with Gasteiger partial charge in [0.05, 0.1) is 5.69 Å². The number of carbonyl (C=O) groups is 1. The zero-order valence-electron chi connectivity index (χ0n) is 20.5. The fraction of sp³-hybridized carbons (Fsp3) is 0.345. The zero-order valence-corrected chi connectivity index (χ0v) is 20.5. The van der Waals surface area contributed by atoms with Crippen LogP contribution in [0.2, 0.25) is 0 Å². The molecule has 2 fully saturated rings. The van der Waals surface area contributed by atoms with Crippen molar-refractivity contribution in [2.45, 2.75) is 12.8 Å². The van der Waals surface area contributed by atoms with E-state index in [1.54, 1.807) is 12.1 Å². The minimum Gasteiger partial charge on any atom is -0.355 e. The molecule has 1 amide bonds. The van der Waals surface area contributed by atoms with Crippen LogP contribution in [-0.4, -0.2) is 71.7 Å². The number of benzene rings is 2. The summed E-state index contributed by atoms with van der Waals surface area (Å²) in [5, 5.41) is 8.72. The number of carbonyl (C=O) groups excluding carboxylic acids is 1. The van der Waals surface area contributed by atoms with E-state index in [0.29, 0.717) is 5.91 Å². The van der Waals surface area contributed by atoms with Gasteiger partial charge in [-0.25, -0.2) is 4.39 Å². The number of hydrogen-bond acceptors (Lipinski definition) is 5. The van der Waals surface area contributed by atoms with E-state index in [-0.39, 0.29) is 11.7 Å². The molecule has 3 heterocycles. The molecule has 36 heavy (non-hydrogen) atoms. The van der Waals surface area contributed by atoms with Gasteiger partial charge in [0.25, 0.3) is 0 Å². The molecule has 0 atom stereocenters. The van der Waals surface area contributed by atoms with E-state index in [1.807, 2.05) is 30.3 Å². The number of rotatable bonds is 6. The maximum absolute atomic E-state index is 13.2.